The summed E-state index contributed by atoms with van der Waals surface area (Å²) < 4.78 is 1.42. The van der Waals surface area contributed by atoms with Crippen molar-refractivity contribution in [1.82, 2.24) is 25.1 Å². The number of amides is 1. The van der Waals surface area contributed by atoms with Crippen LogP contribution in [-0.2, 0) is 6.54 Å². The monoisotopic (exact) mass is 404 g/mol. The SMILES string of the molecule is CCN(CC)c1ccc(CNC(=O)c2nnn3c2c(=O)[nH]c2cc(C)ccc23)cc1. The average Bonchev–Trinajstić information content (AvgIpc) is 3.20. The number of anilines is 1. The molecule has 0 aliphatic heterocycles. The fraction of sp³-hybridized carbons (Fsp3) is 0.273. The van der Waals surface area contributed by atoms with Gasteiger partial charge in [-0.1, -0.05) is 23.4 Å². The third kappa shape index (κ3) is 3.52. The van der Waals surface area contributed by atoms with Crippen molar-refractivity contribution in [2.75, 3.05) is 18.0 Å². The second-order valence-corrected chi connectivity index (χ2v) is 7.19. The first kappa shape index (κ1) is 19.6. The van der Waals surface area contributed by atoms with Gasteiger partial charge in [-0.2, -0.15) is 0 Å². The molecule has 0 atom stereocenters. The lowest BCUT2D eigenvalue weighted by atomic mass is 10.2. The molecule has 0 spiro atoms. The van der Waals surface area contributed by atoms with Gasteiger partial charge in [0.2, 0.25) is 0 Å². The minimum atomic E-state index is -0.435. The number of rotatable bonds is 6. The number of hydrogen-bond donors (Lipinski definition) is 2. The largest absolute Gasteiger partial charge is 0.372 e. The second kappa shape index (κ2) is 7.98. The lowest BCUT2D eigenvalue weighted by molar-refractivity contribution is 0.0947. The van der Waals surface area contributed by atoms with Gasteiger partial charge in [0.15, 0.2) is 11.2 Å². The summed E-state index contributed by atoms with van der Waals surface area (Å²) in [5.74, 6) is -0.435. The van der Waals surface area contributed by atoms with Gasteiger partial charge in [0, 0.05) is 25.3 Å². The van der Waals surface area contributed by atoms with Crippen LogP contribution in [0.15, 0.2) is 47.3 Å². The molecular weight excluding hydrogens is 380 g/mol. The number of H-pyrrole nitrogens is 1. The van der Waals surface area contributed by atoms with Crippen LogP contribution in [0, 0.1) is 6.92 Å². The van der Waals surface area contributed by atoms with Crippen LogP contribution in [0.5, 0.6) is 0 Å². The Morgan fingerprint density at radius 3 is 2.57 bits per heavy atom. The Morgan fingerprint density at radius 1 is 1.13 bits per heavy atom. The number of carbonyl (C=O) groups excluding carboxylic acids is 1. The Balaban J connectivity index is 1.57. The number of aromatic nitrogens is 4. The molecule has 4 rings (SSSR count). The van der Waals surface area contributed by atoms with Gasteiger partial charge in [0.1, 0.15) is 0 Å². The van der Waals surface area contributed by atoms with E-state index in [1.54, 1.807) is 0 Å². The summed E-state index contributed by atoms with van der Waals surface area (Å²) in [6.07, 6.45) is 0. The van der Waals surface area contributed by atoms with Gasteiger partial charge >= 0.3 is 0 Å². The van der Waals surface area contributed by atoms with Crippen molar-refractivity contribution in [2.24, 2.45) is 0 Å². The number of hydrogen-bond acceptors (Lipinski definition) is 5. The summed E-state index contributed by atoms with van der Waals surface area (Å²) in [4.78, 5) is 30.4. The van der Waals surface area contributed by atoms with E-state index in [-0.39, 0.29) is 11.2 Å². The van der Waals surface area contributed by atoms with Crippen molar-refractivity contribution in [2.45, 2.75) is 27.3 Å². The van der Waals surface area contributed by atoms with E-state index in [2.05, 4.69) is 39.4 Å². The summed E-state index contributed by atoms with van der Waals surface area (Å²) in [5, 5.41) is 10.9. The predicted octanol–water partition coefficient (Wildman–Crippen LogP) is 2.66. The summed E-state index contributed by atoms with van der Waals surface area (Å²) in [6, 6.07) is 13.7. The Morgan fingerprint density at radius 2 is 1.87 bits per heavy atom. The maximum atomic E-state index is 12.7. The number of nitrogens with zero attached hydrogens (tertiary/aromatic N) is 4. The van der Waals surface area contributed by atoms with Crippen molar-refractivity contribution in [3.63, 3.8) is 0 Å². The standard InChI is InChI=1S/C22H24N6O2/c1-4-27(5-2)16-9-7-15(8-10-16)13-23-21(29)19-20-22(30)24-17-12-14(3)6-11-18(17)28(20)26-25-19/h6-12H,4-5,13H2,1-3H3,(H,23,29)(H,24,30). The fourth-order valence-electron chi connectivity index (χ4n) is 3.60. The van der Waals surface area contributed by atoms with E-state index < -0.39 is 11.5 Å². The predicted molar refractivity (Wildman–Crippen MR) is 117 cm³/mol. The van der Waals surface area contributed by atoms with E-state index >= 15 is 0 Å². The van der Waals surface area contributed by atoms with Crippen molar-refractivity contribution in [3.05, 3.63) is 69.6 Å². The third-order valence-corrected chi connectivity index (χ3v) is 5.25. The van der Waals surface area contributed by atoms with Crippen LogP contribution < -0.4 is 15.8 Å². The van der Waals surface area contributed by atoms with Gasteiger partial charge < -0.3 is 15.2 Å². The number of nitrogens with one attached hydrogen (secondary N) is 2. The average molecular weight is 404 g/mol. The molecule has 1 amide bonds. The van der Waals surface area contributed by atoms with Crippen LogP contribution in [0.2, 0.25) is 0 Å². The summed E-state index contributed by atoms with van der Waals surface area (Å²) in [7, 11) is 0. The molecule has 0 saturated carbocycles. The van der Waals surface area contributed by atoms with E-state index in [1.165, 1.54) is 4.52 Å². The molecule has 0 aliphatic carbocycles. The topological polar surface area (TPSA) is 95.4 Å². The fourth-order valence-corrected chi connectivity index (χ4v) is 3.60. The first-order valence-corrected chi connectivity index (χ1v) is 10.0. The lowest BCUT2D eigenvalue weighted by Gasteiger charge is -2.21. The Kier molecular flexibility index (Phi) is 5.22. The van der Waals surface area contributed by atoms with Crippen LogP contribution in [0.4, 0.5) is 5.69 Å². The van der Waals surface area contributed by atoms with Crippen LogP contribution >= 0.6 is 0 Å². The molecule has 8 nitrogen and oxygen atoms in total. The van der Waals surface area contributed by atoms with Gasteiger partial charge in [-0.3, -0.25) is 9.59 Å². The molecule has 8 heteroatoms. The quantitative estimate of drug-likeness (QED) is 0.515. The summed E-state index contributed by atoms with van der Waals surface area (Å²) in [6.45, 7) is 8.39. The van der Waals surface area contributed by atoms with Crippen LogP contribution in [0.3, 0.4) is 0 Å². The normalized spacial score (nSPS) is 11.2. The zero-order valence-corrected chi connectivity index (χ0v) is 17.3. The van der Waals surface area contributed by atoms with E-state index in [1.807, 2.05) is 49.4 Å². The Hall–Kier alpha value is -3.68. The second-order valence-electron chi connectivity index (χ2n) is 7.19. The molecular formula is C22H24N6O2. The minimum Gasteiger partial charge on any atom is -0.372 e. The van der Waals surface area contributed by atoms with Crippen LogP contribution in [0.1, 0.15) is 35.5 Å². The number of fused-ring (bicyclic) bond motifs is 3. The molecule has 0 saturated heterocycles. The molecule has 154 valence electrons. The minimum absolute atomic E-state index is 0.0125. The first-order valence-electron chi connectivity index (χ1n) is 10.0. The zero-order valence-electron chi connectivity index (χ0n) is 17.3. The summed E-state index contributed by atoms with van der Waals surface area (Å²) >= 11 is 0. The molecule has 2 N–H and O–H groups in total. The van der Waals surface area contributed by atoms with Gasteiger partial charge in [0.05, 0.1) is 11.0 Å². The van der Waals surface area contributed by atoms with Gasteiger partial charge in [0.25, 0.3) is 11.5 Å². The number of aromatic amines is 1. The maximum absolute atomic E-state index is 12.7. The number of carbonyl (C=O) groups is 1. The molecule has 2 heterocycles. The van der Waals surface area contributed by atoms with E-state index in [4.69, 9.17) is 0 Å². The van der Waals surface area contributed by atoms with Crippen molar-refractivity contribution in [3.8, 4) is 0 Å². The molecule has 0 fully saturated rings. The zero-order chi connectivity index (χ0) is 21.3. The number of aryl methyl sites for hydroxylation is 1. The molecule has 4 aromatic rings. The molecule has 0 aliphatic rings. The highest BCUT2D eigenvalue weighted by Crippen LogP contribution is 2.16. The lowest BCUT2D eigenvalue weighted by Crippen LogP contribution is -2.25. The molecule has 0 radical (unpaired) electrons. The first-order chi connectivity index (χ1) is 14.5. The Bertz CT molecular complexity index is 1270. The van der Waals surface area contributed by atoms with Gasteiger partial charge in [-0.05, 0) is 56.2 Å². The summed E-state index contributed by atoms with van der Waals surface area (Å²) in [5.41, 5.74) is 4.22. The maximum Gasteiger partial charge on any atom is 0.277 e. The van der Waals surface area contributed by atoms with Crippen molar-refractivity contribution >= 4 is 28.1 Å². The highest BCUT2D eigenvalue weighted by Gasteiger charge is 2.19. The van der Waals surface area contributed by atoms with Gasteiger partial charge in [-0.15, -0.1) is 5.10 Å². The molecule has 2 aromatic carbocycles. The molecule has 0 unspecified atom stereocenters. The number of benzene rings is 2. The highest BCUT2D eigenvalue weighted by molar-refractivity contribution is 5.99. The van der Waals surface area contributed by atoms with Crippen LogP contribution in [-0.4, -0.2) is 38.8 Å². The van der Waals surface area contributed by atoms with Crippen molar-refractivity contribution in [1.29, 1.82) is 0 Å². The van der Waals surface area contributed by atoms with E-state index in [0.717, 1.165) is 29.9 Å². The van der Waals surface area contributed by atoms with E-state index in [9.17, 15) is 9.59 Å². The molecule has 30 heavy (non-hydrogen) atoms. The van der Waals surface area contributed by atoms with Gasteiger partial charge in [-0.25, -0.2) is 4.52 Å². The van der Waals surface area contributed by atoms with E-state index in [0.29, 0.717) is 17.6 Å². The third-order valence-electron chi connectivity index (χ3n) is 5.25. The Labute approximate surface area is 173 Å². The highest BCUT2D eigenvalue weighted by atomic mass is 16.2. The van der Waals surface area contributed by atoms with Crippen molar-refractivity contribution < 1.29 is 4.79 Å². The smallest absolute Gasteiger partial charge is 0.277 e. The molecule has 2 aromatic heterocycles. The molecule has 0 bridgehead atoms. The van der Waals surface area contributed by atoms with Crippen LogP contribution in [0.25, 0.3) is 16.6 Å².